The number of benzene rings is 2. The smallest absolute Gasteiger partial charge is 0.222 e. The number of carbonyl (C=O) groups is 1. The molecule has 0 aliphatic heterocycles. The van der Waals surface area contributed by atoms with E-state index in [1.807, 2.05) is 26.1 Å². The van der Waals surface area contributed by atoms with Gasteiger partial charge in [0.1, 0.15) is 0 Å². The van der Waals surface area contributed by atoms with Crippen molar-refractivity contribution < 1.29 is 14.3 Å². The van der Waals surface area contributed by atoms with E-state index in [0.29, 0.717) is 24.5 Å². The second-order valence-corrected chi connectivity index (χ2v) is 8.33. The van der Waals surface area contributed by atoms with Gasteiger partial charge in [-0.25, -0.2) is 0 Å². The zero-order valence-electron chi connectivity index (χ0n) is 18.3. The number of rotatable bonds is 7. The maximum Gasteiger partial charge on any atom is 0.222 e. The van der Waals surface area contributed by atoms with Crippen molar-refractivity contribution in [3.05, 3.63) is 58.7 Å². The van der Waals surface area contributed by atoms with Gasteiger partial charge in [0.05, 0.1) is 14.2 Å². The molecule has 2 aromatic rings. The zero-order valence-corrected chi connectivity index (χ0v) is 18.3. The lowest BCUT2D eigenvalue weighted by atomic mass is 9.86. The molecule has 0 atom stereocenters. The minimum atomic E-state index is 0.133. The first-order valence-electron chi connectivity index (χ1n) is 9.70. The third-order valence-corrected chi connectivity index (χ3v) is 5.12. The minimum Gasteiger partial charge on any atom is -0.493 e. The van der Waals surface area contributed by atoms with E-state index in [1.54, 1.807) is 19.1 Å². The fraction of sp³-hybridized carbons (Fsp3) is 0.458. The van der Waals surface area contributed by atoms with Crippen LogP contribution < -0.4 is 9.47 Å². The van der Waals surface area contributed by atoms with Gasteiger partial charge in [-0.3, -0.25) is 4.79 Å². The van der Waals surface area contributed by atoms with E-state index >= 15 is 0 Å². The highest BCUT2D eigenvalue weighted by atomic mass is 16.5. The van der Waals surface area contributed by atoms with Crippen LogP contribution in [0.3, 0.4) is 0 Å². The summed E-state index contributed by atoms with van der Waals surface area (Å²) in [5.41, 5.74) is 4.78. The van der Waals surface area contributed by atoms with Crippen LogP contribution in [-0.4, -0.2) is 32.1 Å². The van der Waals surface area contributed by atoms with Gasteiger partial charge in [-0.2, -0.15) is 0 Å². The lowest BCUT2D eigenvalue weighted by Gasteiger charge is -2.21. The van der Waals surface area contributed by atoms with Crippen molar-refractivity contribution in [1.82, 2.24) is 4.90 Å². The number of ether oxygens (including phenoxy) is 2. The molecule has 0 heterocycles. The van der Waals surface area contributed by atoms with E-state index in [2.05, 4.69) is 45.0 Å². The average molecular weight is 384 g/mol. The molecule has 0 bridgehead atoms. The van der Waals surface area contributed by atoms with Gasteiger partial charge in [-0.15, -0.1) is 0 Å². The number of hydrogen-bond donors (Lipinski definition) is 0. The summed E-state index contributed by atoms with van der Waals surface area (Å²) in [6.45, 7) is 9.18. The second kappa shape index (κ2) is 9.13. The van der Waals surface area contributed by atoms with Crippen LogP contribution in [0.25, 0.3) is 0 Å². The molecule has 1 amide bonds. The molecule has 0 radical (unpaired) electrons. The molecule has 0 aliphatic rings. The molecule has 0 N–H and O–H groups in total. The Labute approximate surface area is 169 Å². The van der Waals surface area contributed by atoms with Gasteiger partial charge in [0.25, 0.3) is 0 Å². The predicted molar refractivity (Wildman–Crippen MR) is 114 cm³/mol. The molecule has 0 unspecified atom stereocenters. The number of methoxy groups -OCH3 is 2. The summed E-state index contributed by atoms with van der Waals surface area (Å²) in [6.07, 6.45) is 1.25. The predicted octanol–water partition coefficient (Wildman–Crippen LogP) is 4.90. The molecule has 28 heavy (non-hydrogen) atoms. The summed E-state index contributed by atoms with van der Waals surface area (Å²) < 4.78 is 10.7. The summed E-state index contributed by atoms with van der Waals surface area (Å²) in [4.78, 5) is 14.4. The van der Waals surface area contributed by atoms with E-state index in [1.165, 1.54) is 11.1 Å². The van der Waals surface area contributed by atoms with Gasteiger partial charge < -0.3 is 14.4 Å². The highest BCUT2D eigenvalue weighted by molar-refractivity contribution is 5.76. The number of aryl methyl sites for hydroxylation is 2. The quantitative estimate of drug-likeness (QED) is 0.682. The molecule has 2 aromatic carbocycles. The Bertz CT molecular complexity index is 804. The summed E-state index contributed by atoms with van der Waals surface area (Å²) in [5, 5.41) is 0. The molecule has 0 aromatic heterocycles. The minimum absolute atomic E-state index is 0.133. The highest BCUT2D eigenvalue weighted by Gasteiger charge is 2.15. The van der Waals surface area contributed by atoms with E-state index < -0.39 is 0 Å². The van der Waals surface area contributed by atoms with Crippen LogP contribution in [0, 0.1) is 6.92 Å². The Morgan fingerprint density at radius 3 is 2.11 bits per heavy atom. The largest absolute Gasteiger partial charge is 0.493 e. The van der Waals surface area contributed by atoms with Crippen molar-refractivity contribution in [2.45, 2.75) is 52.5 Å². The molecule has 0 spiro atoms. The summed E-state index contributed by atoms with van der Waals surface area (Å²) in [7, 11) is 5.10. The van der Waals surface area contributed by atoms with Gasteiger partial charge in [0.2, 0.25) is 5.91 Å². The number of nitrogens with zero attached hydrogens (tertiary/aromatic N) is 1. The van der Waals surface area contributed by atoms with Crippen molar-refractivity contribution in [3.63, 3.8) is 0 Å². The van der Waals surface area contributed by atoms with Crippen LogP contribution in [0.5, 0.6) is 11.5 Å². The molecule has 4 nitrogen and oxygen atoms in total. The third kappa shape index (κ3) is 5.51. The maximum absolute atomic E-state index is 12.6. The molecule has 0 aliphatic carbocycles. The van der Waals surface area contributed by atoms with Crippen molar-refractivity contribution in [3.8, 4) is 11.5 Å². The Morgan fingerprint density at radius 1 is 1.00 bits per heavy atom. The van der Waals surface area contributed by atoms with Gasteiger partial charge in [0.15, 0.2) is 11.5 Å². The Morgan fingerprint density at radius 2 is 1.57 bits per heavy atom. The normalized spacial score (nSPS) is 11.2. The number of amides is 1. The topological polar surface area (TPSA) is 38.8 Å². The van der Waals surface area contributed by atoms with E-state index in [-0.39, 0.29) is 11.3 Å². The van der Waals surface area contributed by atoms with Crippen LogP contribution >= 0.6 is 0 Å². The second-order valence-electron chi connectivity index (χ2n) is 8.33. The molecule has 4 heteroatoms. The first-order chi connectivity index (χ1) is 13.2. The van der Waals surface area contributed by atoms with Crippen molar-refractivity contribution >= 4 is 5.91 Å². The van der Waals surface area contributed by atoms with Crippen LogP contribution in [0.4, 0.5) is 0 Å². The van der Waals surface area contributed by atoms with Gasteiger partial charge >= 0.3 is 0 Å². The van der Waals surface area contributed by atoms with Crippen LogP contribution in [0.2, 0.25) is 0 Å². The molecule has 0 saturated carbocycles. The fourth-order valence-corrected chi connectivity index (χ4v) is 3.15. The van der Waals surface area contributed by atoms with Crippen LogP contribution in [0.15, 0.2) is 36.4 Å². The molecule has 152 valence electrons. The Balaban J connectivity index is 1.98. The van der Waals surface area contributed by atoms with E-state index in [4.69, 9.17) is 9.47 Å². The molecule has 0 fully saturated rings. The van der Waals surface area contributed by atoms with Crippen molar-refractivity contribution in [1.29, 1.82) is 0 Å². The third-order valence-electron chi connectivity index (χ3n) is 5.12. The highest BCUT2D eigenvalue weighted by Crippen LogP contribution is 2.30. The van der Waals surface area contributed by atoms with Crippen LogP contribution in [0.1, 0.15) is 49.4 Å². The number of hydrogen-bond acceptors (Lipinski definition) is 3. The standard InChI is InChI=1S/C24H33NO3/c1-17-14-21(27-6)22(28-7)15-19(17)16-25(5)23(26)13-10-18-8-11-20(12-9-18)24(2,3)4/h8-9,11-12,14-15H,10,13,16H2,1-7H3. The first kappa shape index (κ1) is 21.8. The molecular formula is C24H33NO3. The van der Waals surface area contributed by atoms with Crippen molar-refractivity contribution in [2.75, 3.05) is 21.3 Å². The lowest BCUT2D eigenvalue weighted by molar-refractivity contribution is -0.130. The zero-order chi connectivity index (χ0) is 20.9. The Hall–Kier alpha value is -2.49. The lowest BCUT2D eigenvalue weighted by Crippen LogP contribution is -2.26. The van der Waals surface area contributed by atoms with Gasteiger partial charge in [0, 0.05) is 20.0 Å². The summed E-state index contributed by atoms with van der Waals surface area (Å²) >= 11 is 0. The summed E-state index contributed by atoms with van der Waals surface area (Å²) in [5.74, 6) is 1.52. The molecular weight excluding hydrogens is 350 g/mol. The van der Waals surface area contributed by atoms with Gasteiger partial charge in [-0.05, 0) is 53.1 Å². The summed E-state index contributed by atoms with van der Waals surface area (Å²) in [6, 6.07) is 12.5. The fourth-order valence-electron chi connectivity index (χ4n) is 3.15. The monoisotopic (exact) mass is 383 g/mol. The maximum atomic E-state index is 12.6. The van der Waals surface area contributed by atoms with E-state index in [9.17, 15) is 4.79 Å². The molecule has 2 rings (SSSR count). The van der Waals surface area contributed by atoms with Crippen LogP contribution in [-0.2, 0) is 23.2 Å². The SMILES string of the molecule is COc1cc(C)c(CN(C)C(=O)CCc2ccc(C(C)(C)C)cc2)cc1OC. The van der Waals surface area contributed by atoms with Gasteiger partial charge in [-0.1, -0.05) is 45.0 Å². The van der Waals surface area contributed by atoms with E-state index in [0.717, 1.165) is 17.5 Å². The average Bonchev–Trinajstić information content (AvgIpc) is 2.66. The molecule has 0 saturated heterocycles. The number of carbonyl (C=O) groups excluding carboxylic acids is 1. The Kier molecular flexibility index (Phi) is 7.11. The van der Waals surface area contributed by atoms with Crippen molar-refractivity contribution in [2.24, 2.45) is 0 Å². The first-order valence-corrected chi connectivity index (χ1v) is 9.70.